The fourth-order valence-electron chi connectivity index (χ4n) is 2.80. The highest BCUT2D eigenvalue weighted by Crippen LogP contribution is 2.21. The van der Waals surface area contributed by atoms with Crippen LogP contribution >= 0.6 is 0 Å². The average molecular weight is 240 g/mol. The van der Waals surface area contributed by atoms with Crippen molar-refractivity contribution in [2.75, 3.05) is 19.7 Å². The maximum atomic E-state index is 12.0. The molecule has 3 atom stereocenters. The molecule has 0 bridgehead atoms. The molecule has 0 aromatic rings. The first-order valence-electron chi connectivity index (χ1n) is 6.79. The van der Waals surface area contributed by atoms with Crippen LogP contribution in [0.2, 0.25) is 0 Å². The molecule has 1 amide bonds. The average Bonchev–Trinajstić information content (AvgIpc) is 2.77. The zero-order valence-corrected chi connectivity index (χ0v) is 10.9. The third-order valence-electron chi connectivity index (χ3n) is 4.03. The smallest absolute Gasteiger partial charge is 0.225 e. The molecule has 2 aliphatic rings. The minimum atomic E-state index is 0.0640. The fourth-order valence-corrected chi connectivity index (χ4v) is 2.80. The summed E-state index contributed by atoms with van der Waals surface area (Å²) in [7, 11) is 0. The lowest BCUT2D eigenvalue weighted by atomic mass is 9.91. The number of carbonyl (C=O) groups excluding carboxylic acids is 1. The molecule has 2 N–H and O–H groups in total. The van der Waals surface area contributed by atoms with Gasteiger partial charge in [0.2, 0.25) is 5.91 Å². The monoisotopic (exact) mass is 240 g/mol. The molecule has 0 spiro atoms. The topological polar surface area (TPSA) is 50.4 Å². The van der Waals surface area contributed by atoms with E-state index in [1.54, 1.807) is 0 Å². The van der Waals surface area contributed by atoms with Crippen LogP contribution in [0.4, 0.5) is 0 Å². The number of amides is 1. The Morgan fingerprint density at radius 3 is 2.71 bits per heavy atom. The first kappa shape index (κ1) is 12.8. The van der Waals surface area contributed by atoms with Crippen molar-refractivity contribution < 1.29 is 9.53 Å². The van der Waals surface area contributed by atoms with E-state index in [0.29, 0.717) is 18.6 Å². The molecule has 2 saturated heterocycles. The van der Waals surface area contributed by atoms with Gasteiger partial charge < -0.3 is 15.4 Å². The van der Waals surface area contributed by atoms with Gasteiger partial charge >= 0.3 is 0 Å². The highest BCUT2D eigenvalue weighted by atomic mass is 16.5. The molecule has 0 aromatic carbocycles. The fraction of sp³-hybridized carbons (Fsp3) is 0.923. The van der Waals surface area contributed by atoms with E-state index in [9.17, 15) is 4.79 Å². The Hall–Kier alpha value is -0.610. The number of carbonyl (C=O) groups is 1. The van der Waals surface area contributed by atoms with E-state index < -0.39 is 0 Å². The summed E-state index contributed by atoms with van der Waals surface area (Å²) in [6.45, 7) is 6.91. The van der Waals surface area contributed by atoms with E-state index in [1.165, 1.54) is 12.8 Å². The minimum Gasteiger partial charge on any atom is -0.378 e. The zero-order chi connectivity index (χ0) is 12.3. The van der Waals surface area contributed by atoms with Crippen molar-refractivity contribution in [2.45, 2.75) is 45.3 Å². The second-order valence-electron chi connectivity index (χ2n) is 5.46. The molecular weight excluding hydrogens is 216 g/mol. The van der Waals surface area contributed by atoms with E-state index in [0.717, 1.165) is 19.5 Å². The minimum absolute atomic E-state index is 0.0640. The van der Waals surface area contributed by atoms with Crippen molar-refractivity contribution in [1.82, 2.24) is 10.6 Å². The molecule has 0 aromatic heterocycles. The second kappa shape index (κ2) is 5.83. The summed E-state index contributed by atoms with van der Waals surface area (Å²) < 4.78 is 5.44. The summed E-state index contributed by atoms with van der Waals surface area (Å²) in [5, 5.41) is 6.52. The van der Waals surface area contributed by atoms with Crippen molar-refractivity contribution in [3.8, 4) is 0 Å². The van der Waals surface area contributed by atoms with Crippen LogP contribution in [0.15, 0.2) is 0 Å². The Kier molecular flexibility index (Phi) is 4.40. The van der Waals surface area contributed by atoms with Gasteiger partial charge in [-0.15, -0.1) is 0 Å². The highest BCUT2D eigenvalue weighted by molar-refractivity contribution is 5.79. The first-order valence-corrected chi connectivity index (χ1v) is 6.79. The van der Waals surface area contributed by atoms with Crippen LogP contribution in [0.3, 0.4) is 0 Å². The predicted octanol–water partition coefficient (Wildman–Crippen LogP) is 0.916. The number of hydrogen-bond acceptors (Lipinski definition) is 3. The lowest BCUT2D eigenvalue weighted by molar-refractivity contribution is -0.126. The Labute approximate surface area is 103 Å². The van der Waals surface area contributed by atoms with Gasteiger partial charge in [0.05, 0.1) is 18.6 Å². The van der Waals surface area contributed by atoms with Gasteiger partial charge in [0, 0.05) is 6.04 Å². The van der Waals surface area contributed by atoms with Crippen LogP contribution in [0.5, 0.6) is 0 Å². The Morgan fingerprint density at radius 2 is 2.12 bits per heavy atom. The highest BCUT2D eigenvalue weighted by Gasteiger charge is 2.30. The molecule has 4 nitrogen and oxygen atoms in total. The Bertz CT molecular complexity index is 264. The molecular formula is C13H24N2O2. The molecule has 2 rings (SSSR count). The first-order chi connectivity index (χ1) is 8.16. The molecule has 0 radical (unpaired) electrons. The normalized spacial score (nSPS) is 32.4. The van der Waals surface area contributed by atoms with Crippen molar-refractivity contribution in [2.24, 2.45) is 11.8 Å². The molecule has 17 heavy (non-hydrogen) atoms. The summed E-state index contributed by atoms with van der Waals surface area (Å²) in [5.41, 5.74) is 0. The van der Waals surface area contributed by atoms with E-state index in [-0.39, 0.29) is 17.9 Å². The maximum absolute atomic E-state index is 12.0. The van der Waals surface area contributed by atoms with E-state index >= 15 is 0 Å². The maximum Gasteiger partial charge on any atom is 0.225 e. The van der Waals surface area contributed by atoms with Gasteiger partial charge in [-0.1, -0.05) is 0 Å². The van der Waals surface area contributed by atoms with Gasteiger partial charge in [0.15, 0.2) is 0 Å². The van der Waals surface area contributed by atoms with Crippen molar-refractivity contribution in [3.63, 3.8) is 0 Å². The van der Waals surface area contributed by atoms with E-state index in [1.807, 2.05) is 6.92 Å². The Morgan fingerprint density at radius 1 is 1.41 bits per heavy atom. The molecule has 4 heteroatoms. The van der Waals surface area contributed by atoms with Crippen LogP contribution in [0.1, 0.15) is 33.1 Å². The summed E-state index contributed by atoms with van der Waals surface area (Å²) in [6.07, 6.45) is 3.43. The number of rotatable bonds is 3. The lowest BCUT2D eigenvalue weighted by Gasteiger charge is -2.29. The summed E-state index contributed by atoms with van der Waals surface area (Å²) >= 11 is 0. The van der Waals surface area contributed by atoms with Crippen LogP contribution < -0.4 is 10.6 Å². The molecule has 2 aliphatic heterocycles. The van der Waals surface area contributed by atoms with Crippen LogP contribution in [-0.4, -0.2) is 37.7 Å². The van der Waals surface area contributed by atoms with E-state index in [4.69, 9.17) is 4.74 Å². The van der Waals surface area contributed by atoms with E-state index in [2.05, 4.69) is 17.6 Å². The molecule has 98 valence electrons. The molecule has 2 fully saturated rings. The number of hydrogen-bond donors (Lipinski definition) is 2. The van der Waals surface area contributed by atoms with Gasteiger partial charge in [0.1, 0.15) is 0 Å². The molecule has 0 saturated carbocycles. The van der Waals surface area contributed by atoms with Crippen molar-refractivity contribution >= 4 is 5.91 Å². The summed E-state index contributed by atoms with van der Waals surface area (Å²) in [6, 6.07) is 0.292. The van der Waals surface area contributed by atoms with Crippen molar-refractivity contribution in [1.29, 1.82) is 0 Å². The predicted molar refractivity (Wildman–Crippen MR) is 66.7 cm³/mol. The van der Waals surface area contributed by atoms with Crippen LogP contribution in [-0.2, 0) is 9.53 Å². The largest absolute Gasteiger partial charge is 0.378 e. The second-order valence-corrected chi connectivity index (χ2v) is 5.46. The third-order valence-corrected chi connectivity index (χ3v) is 4.03. The van der Waals surface area contributed by atoms with Gasteiger partial charge in [0.25, 0.3) is 0 Å². The standard InChI is InChI=1S/C13H24N2O2/c1-9-7-12(8-17-9)13(16)15-10(2)11-3-5-14-6-4-11/h9-12,14H,3-8H2,1-2H3,(H,15,16). The van der Waals surface area contributed by atoms with Gasteiger partial charge in [-0.05, 0) is 52.1 Å². The number of ether oxygens (including phenoxy) is 1. The molecule has 3 unspecified atom stereocenters. The van der Waals surface area contributed by atoms with Crippen molar-refractivity contribution in [3.05, 3.63) is 0 Å². The Balaban J connectivity index is 1.77. The van der Waals surface area contributed by atoms with Crippen LogP contribution in [0.25, 0.3) is 0 Å². The lowest BCUT2D eigenvalue weighted by Crippen LogP contribution is -2.44. The van der Waals surface area contributed by atoms with Crippen LogP contribution in [0, 0.1) is 11.8 Å². The van der Waals surface area contributed by atoms with Gasteiger partial charge in [-0.2, -0.15) is 0 Å². The number of piperidine rings is 1. The van der Waals surface area contributed by atoms with Gasteiger partial charge in [-0.25, -0.2) is 0 Å². The molecule has 2 heterocycles. The SMILES string of the molecule is CC1CC(C(=O)NC(C)C2CCNCC2)CO1. The third kappa shape index (κ3) is 3.42. The zero-order valence-electron chi connectivity index (χ0n) is 10.9. The quantitative estimate of drug-likeness (QED) is 0.771. The summed E-state index contributed by atoms with van der Waals surface area (Å²) in [4.78, 5) is 12.0. The number of nitrogens with one attached hydrogen (secondary N) is 2. The molecule has 0 aliphatic carbocycles. The van der Waals surface area contributed by atoms with Gasteiger partial charge in [-0.3, -0.25) is 4.79 Å². The summed E-state index contributed by atoms with van der Waals surface area (Å²) in [5.74, 6) is 0.870.